The Morgan fingerprint density at radius 2 is 2.19 bits per heavy atom. The molecule has 3 heteroatoms. The highest BCUT2D eigenvalue weighted by Crippen LogP contribution is 2.20. The van der Waals surface area contributed by atoms with E-state index in [0.29, 0.717) is 0 Å². The van der Waals surface area contributed by atoms with Gasteiger partial charge in [-0.1, -0.05) is 22.0 Å². The fourth-order valence-electron chi connectivity index (χ4n) is 1.60. The van der Waals surface area contributed by atoms with Gasteiger partial charge in [0, 0.05) is 21.6 Å². The van der Waals surface area contributed by atoms with Gasteiger partial charge in [-0.25, -0.2) is 0 Å². The van der Waals surface area contributed by atoms with Gasteiger partial charge in [0.05, 0.1) is 0 Å². The molecule has 1 nitrogen and oxygen atoms in total. The fourth-order valence-corrected chi connectivity index (χ4v) is 2.79. The summed E-state index contributed by atoms with van der Waals surface area (Å²) in [6.45, 7) is 3.11. The molecule has 1 aromatic heterocycles. The minimum Gasteiger partial charge on any atom is -0.384 e. The number of benzene rings is 1. The predicted molar refractivity (Wildman–Crippen MR) is 75.4 cm³/mol. The Morgan fingerprint density at radius 3 is 2.88 bits per heavy atom. The van der Waals surface area contributed by atoms with Gasteiger partial charge in [0.1, 0.15) is 0 Å². The normalized spacial score (nSPS) is 10.4. The van der Waals surface area contributed by atoms with Crippen LogP contribution in [0.3, 0.4) is 0 Å². The first-order chi connectivity index (χ1) is 7.75. The minimum absolute atomic E-state index is 0.989. The molecule has 0 aliphatic carbocycles. The van der Waals surface area contributed by atoms with E-state index < -0.39 is 0 Å². The molecule has 1 N–H and O–H groups in total. The van der Waals surface area contributed by atoms with Crippen LogP contribution in [0.1, 0.15) is 10.4 Å². The molecular formula is C13H14BrNS. The molecule has 0 unspecified atom stereocenters. The van der Waals surface area contributed by atoms with Gasteiger partial charge >= 0.3 is 0 Å². The summed E-state index contributed by atoms with van der Waals surface area (Å²) in [6, 6.07) is 10.6. The molecule has 0 fully saturated rings. The third kappa shape index (κ3) is 3.09. The first kappa shape index (κ1) is 11.7. The zero-order valence-electron chi connectivity index (χ0n) is 9.16. The van der Waals surface area contributed by atoms with Crippen molar-refractivity contribution >= 4 is 33.0 Å². The van der Waals surface area contributed by atoms with Gasteiger partial charge in [-0.3, -0.25) is 0 Å². The lowest BCUT2D eigenvalue weighted by atomic mass is 10.2. The first-order valence-electron chi connectivity index (χ1n) is 5.28. The van der Waals surface area contributed by atoms with Gasteiger partial charge in [-0.15, -0.1) is 11.3 Å². The van der Waals surface area contributed by atoms with Gasteiger partial charge in [-0.2, -0.15) is 0 Å². The van der Waals surface area contributed by atoms with E-state index in [1.807, 2.05) is 11.3 Å². The summed E-state index contributed by atoms with van der Waals surface area (Å²) >= 11 is 5.29. The molecule has 0 aliphatic rings. The number of rotatable bonds is 4. The second-order valence-electron chi connectivity index (χ2n) is 3.72. The highest BCUT2D eigenvalue weighted by Gasteiger charge is 1.98. The molecule has 16 heavy (non-hydrogen) atoms. The third-order valence-electron chi connectivity index (χ3n) is 2.46. The fraction of sp³-hybridized carbons (Fsp3) is 0.231. The molecule has 2 rings (SSSR count). The third-order valence-corrected chi connectivity index (χ3v) is 3.88. The van der Waals surface area contributed by atoms with Crippen molar-refractivity contribution in [2.24, 2.45) is 0 Å². The SMILES string of the molecule is Cc1cc(Br)ccc1NCCc1cccs1. The largest absolute Gasteiger partial charge is 0.384 e. The Bertz CT molecular complexity index is 451. The van der Waals surface area contributed by atoms with Crippen molar-refractivity contribution in [2.45, 2.75) is 13.3 Å². The zero-order chi connectivity index (χ0) is 11.4. The molecule has 0 amide bonds. The summed E-state index contributed by atoms with van der Waals surface area (Å²) in [5.74, 6) is 0. The van der Waals surface area contributed by atoms with E-state index in [1.165, 1.54) is 16.1 Å². The molecule has 0 aliphatic heterocycles. The summed E-state index contributed by atoms with van der Waals surface area (Å²) in [5.41, 5.74) is 2.50. The minimum atomic E-state index is 0.989. The monoisotopic (exact) mass is 295 g/mol. The van der Waals surface area contributed by atoms with Crippen molar-refractivity contribution in [3.8, 4) is 0 Å². The number of aryl methyl sites for hydroxylation is 1. The van der Waals surface area contributed by atoms with Gasteiger partial charge in [-0.05, 0) is 48.6 Å². The summed E-state index contributed by atoms with van der Waals surface area (Å²) in [6.07, 6.45) is 1.09. The molecule has 0 bridgehead atoms. The number of thiophene rings is 1. The average molecular weight is 296 g/mol. The van der Waals surface area contributed by atoms with Gasteiger partial charge < -0.3 is 5.32 Å². The van der Waals surface area contributed by atoms with E-state index >= 15 is 0 Å². The van der Waals surface area contributed by atoms with E-state index in [9.17, 15) is 0 Å². The molecule has 0 saturated carbocycles. The number of hydrogen-bond donors (Lipinski definition) is 1. The van der Waals surface area contributed by atoms with Gasteiger partial charge in [0.25, 0.3) is 0 Å². The Labute approximate surface area is 109 Å². The molecule has 1 aromatic carbocycles. The van der Waals surface area contributed by atoms with Crippen molar-refractivity contribution in [1.82, 2.24) is 0 Å². The zero-order valence-corrected chi connectivity index (χ0v) is 11.6. The van der Waals surface area contributed by atoms with E-state index in [4.69, 9.17) is 0 Å². The van der Waals surface area contributed by atoms with Crippen LogP contribution in [0.25, 0.3) is 0 Å². The van der Waals surface area contributed by atoms with Crippen molar-refractivity contribution in [3.05, 3.63) is 50.6 Å². The number of anilines is 1. The molecule has 0 saturated heterocycles. The number of nitrogens with one attached hydrogen (secondary N) is 1. The van der Waals surface area contributed by atoms with E-state index in [1.54, 1.807) is 0 Å². The van der Waals surface area contributed by atoms with Crippen LogP contribution in [0.15, 0.2) is 40.2 Å². The quantitative estimate of drug-likeness (QED) is 0.877. The van der Waals surface area contributed by atoms with Crippen LogP contribution >= 0.6 is 27.3 Å². The van der Waals surface area contributed by atoms with Crippen molar-refractivity contribution in [2.75, 3.05) is 11.9 Å². The maximum Gasteiger partial charge on any atom is 0.0370 e. The van der Waals surface area contributed by atoms with Crippen molar-refractivity contribution < 1.29 is 0 Å². The van der Waals surface area contributed by atoms with Crippen LogP contribution in [0, 0.1) is 6.92 Å². The van der Waals surface area contributed by atoms with E-state index in [-0.39, 0.29) is 0 Å². The Kier molecular flexibility index (Phi) is 4.02. The molecule has 0 spiro atoms. The summed E-state index contributed by atoms with van der Waals surface area (Å²) in [7, 11) is 0. The Morgan fingerprint density at radius 1 is 1.31 bits per heavy atom. The summed E-state index contributed by atoms with van der Waals surface area (Å²) < 4.78 is 1.13. The second kappa shape index (κ2) is 5.51. The number of halogens is 1. The van der Waals surface area contributed by atoms with Crippen LogP contribution in [0.5, 0.6) is 0 Å². The second-order valence-corrected chi connectivity index (χ2v) is 5.66. The maximum atomic E-state index is 3.47. The highest BCUT2D eigenvalue weighted by molar-refractivity contribution is 9.10. The Balaban J connectivity index is 1.90. The topological polar surface area (TPSA) is 12.0 Å². The predicted octanol–water partition coefficient (Wildman–Crippen LogP) is 4.47. The number of hydrogen-bond acceptors (Lipinski definition) is 2. The maximum absolute atomic E-state index is 3.47. The highest BCUT2D eigenvalue weighted by atomic mass is 79.9. The average Bonchev–Trinajstić information content (AvgIpc) is 2.74. The first-order valence-corrected chi connectivity index (χ1v) is 6.95. The van der Waals surface area contributed by atoms with Gasteiger partial charge in [0.15, 0.2) is 0 Å². The molecular weight excluding hydrogens is 282 g/mol. The van der Waals surface area contributed by atoms with Crippen LogP contribution in [0.2, 0.25) is 0 Å². The summed E-state index contributed by atoms with van der Waals surface area (Å²) in [5, 5.41) is 5.59. The molecule has 1 heterocycles. The molecule has 2 aromatic rings. The standard InChI is InChI=1S/C13H14BrNS/c1-10-9-11(14)4-5-13(10)15-7-6-12-3-2-8-16-12/h2-5,8-9,15H,6-7H2,1H3. The van der Waals surface area contributed by atoms with Crippen LogP contribution < -0.4 is 5.32 Å². The van der Waals surface area contributed by atoms with E-state index in [2.05, 4.69) is 63.9 Å². The Hall–Kier alpha value is -0.800. The molecule has 84 valence electrons. The van der Waals surface area contributed by atoms with Crippen LogP contribution in [-0.2, 0) is 6.42 Å². The van der Waals surface area contributed by atoms with Crippen LogP contribution in [-0.4, -0.2) is 6.54 Å². The van der Waals surface area contributed by atoms with Crippen molar-refractivity contribution in [3.63, 3.8) is 0 Å². The van der Waals surface area contributed by atoms with Gasteiger partial charge in [0.2, 0.25) is 0 Å². The summed E-state index contributed by atoms with van der Waals surface area (Å²) in [4.78, 5) is 1.43. The lowest BCUT2D eigenvalue weighted by molar-refractivity contribution is 1.04. The lowest BCUT2D eigenvalue weighted by Gasteiger charge is -2.09. The van der Waals surface area contributed by atoms with Crippen molar-refractivity contribution in [1.29, 1.82) is 0 Å². The van der Waals surface area contributed by atoms with E-state index in [0.717, 1.165) is 17.4 Å². The molecule has 0 radical (unpaired) electrons. The smallest absolute Gasteiger partial charge is 0.0370 e. The van der Waals surface area contributed by atoms with Crippen LogP contribution in [0.4, 0.5) is 5.69 Å². The molecule has 0 atom stereocenters. The lowest BCUT2D eigenvalue weighted by Crippen LogP contribution is -2.04.